The standard InChI is InChI=1S/C26H28N2O4/c1-28(2)14-4-5-20-15-21(9-12-23(20)30-3)26(29)27-22-10-6-18(7-11-22)19-8-13-24-25(16-19)32-17-31-24/h6-13,15-16H,4-5,14,17H2,1-3H3,(H,27,29). The predicted molar refractivity (Wildman–Crippen MR) is 126 cm³/mol. The molecule has 166 valence electrons. The number of benzene rings is 3. The van der Waals surface area contributed by atoms with Crippen molar-refractivity contribution in [2.75, 3.05) is 39.9 Å². The van der Waals surface area contributed by atoms with Gasteiger partial charge in [-0.25, -0.2) is 0 Å². The number of ether oxygens (including phenoxy) is 3. The monoisotopic (exact) mass is 432 g/mol. The number of aryl methyl sites for hydroxylation is 1. The van der Waals surface area contributed by atoms with Crippen LogP contribution in [0.3, 0.4) is 0 Å². The lowest BCUT2D eigenvalue weighted by Gasteiger charge is -2.13. The Bertz CT molecular complexity index is 1090. The Morgan fingerprint density at radius 2 is 1.72 bits per heavy atom. The number of hydrogen-bond donors (Lipinski definition) is 1. The van der Waals surface area contributed by atoms with Gasteiger partial charge < -0.3 is 24.4 Å². The van der Waals surface area contributed by atoms with E-state index in [4.69, 9.17) is 14.2 Å². The molecule has 1 heterocycles. The molecule has 3 aromatic rings. The number of carbonyl (C=O) groups excluding carboxylic acids is 1. The van der Waals surface area contributed by atoms with E-state index in [-0.39, 0.29) is 12.7 Å². The normalized spacial score (nSPS) is 12.1. The first-order chi connectivity index (χ1) is 15.5. The van der Waals surface area contributed by atoms with Gasteiger partial charge in [0.1, 0.15) is 5.75 Å². The smallest absolute Gasteiger partial charge is 0.255 e. The number of rotatable bonds is 8. The molecule has 0 bridgehead atoms. The zero-order valence-electron chi connectivity index (χ0n) is 18.7. The summed E-state index contributed by atoms with van der Waals surface area (Å²) in [6, 6.07) is 19.2. The van der Waals surface area contributed by atoms with Gasteiger partial charge in [0.05, 0.1) is 7.11 Å². The first-order valence-electron chi connectivity index (χ1n) is 10.7. The lowest BCUT2D eigenvalue weighted by molar-refractivity contribution is 0.102. The largest absolute Gasteiger partial charge is 0.496 e. The van der Waals surface area contributed by atoms with E-state index in [9.17, 15) is 4.79 Å². The van der Waals surface area contributed by atoms with Crippen LogP contribution in [0.25, 0.3) is 11.1 Å². The number of amides is 1. The molecule has 4 rings (SSSR count). The fourth-order valence-electron chi connectivity index (χ4n) is 3.73. The molecule has 1 N–H and O–H groups in total. The second-order valence-corrected chi connectivity index (χ2v) is 8.03. The van der Waals surface area contributed by atoms with Crippen molar-refractivity contribution in [3.8, 4) is 28.4 Å². The van der Waals surface area contributed by atoms with Gasteiger partial charge in [-0.15, -0.1) is 0 Å². The van der Waals surface area contributed by atoms with Gasteiger partial charge in [0, 0.05) is 11.3 Å². The second kappa shape index (κ2) is 9.75. The average Bonchev–Trinajstić information content (AvgIpc) is 3.27. The van der Waals surface area contributed by atoms with Gasteiger partial charge in [-0.1, -0.05) is 18.2 Å². The van der Waals surface area contributed by atoms with Crippen LogP contribution in [0.2, 0.25) is 0 Å². The van der Waals surface area contributed by atoms with Gasteiger partial charge in [-0.05, 0) is 92.6 Å². The first kappa shape index (κ1) is 21.7. The van der Waals surface area contributed by atoms with Gasteiger partial charge >= 0.3 is 0 Å². The quantitative estimate of drug-likeness (QED) is 0.552. The highest BCUT2D eigenvalue weighted by Gasteiger charge is 2.14. The summed E-state index contributed by atoms with van der Waals surface area (Å²) in [4.78, 5) is 15.0. The summed E-state index contributed by atoms with van der Waals surface area (Å²) >= 11 is 0. The van der Waals surface area contributed by atoms with Crippen LogP contribution < -0.4 is 19.5 Å². The molecule has 0 fully saturated rings. The Labute approximate surface area is 188 Å². The predicted octanol–water partition coefficient (Wildman–Crippen LogP) is 4.84. The van der Waals surface area contributed by atoms with Crippen molar-refractivity contribution in [2.45, 2.75) is 12.8 Å². The number of anilines is 1. The van der Waals surface area contributed by atoms with E-state index < -0.39 is 0 Å². The van der Waals surface area contributed by atoms with E-state index in [2.05, 4.69) is 24.3 Å². The third kappa shape index (κ3) is 5.03. The van der Waals surface area contributed by atoms with Crippen molar-refractivity contribution in [2.24, 2.45) is 0 Å². The highest BCUT2D eigenvalue weighted by molar-refractivity contribution is 6.04. The number of hydrogen-bond acceptors (Lipinski definition) is 5. The van der Waals surface area contributed by atoms with E-state index in [0.717, 1.165) is 59.0 Å². The van der Waals surface area contributed by atoms with E-state index in [1.807, 2.05) is 54.6 Å². The van der Waals surface area contributed by atoms with E-state index in [0.29, 0.717) is 5.56 Å². The van der Waals surface area contributed by atoms with Crippen LogP contribution in [0.1, 0.15) is 22.3 Å². The van der Waals surface area contributed by atoms with E-state index in [1.54, 1.807) is 13.2 Å². The van der Waals surface area contributed by atoms with Crippen molar-refractivity contribution >= 4 is 11.6 Å². The highest BCUT2D eigenvalue weighted by Crippen LogP contribution is 2.36. The molecule has 0 aliphatic carbocycles. The van der Waals surface area contributed by atoms with Crippen molar-refractivity contribution in [1.82, 2.24) is 4.90 Å². The summed E-state index contributed by atoms with van der Waals surface area (Å²) in [6.07, 6.45) is 1.85. The number of nitrogens with one attached hydrogen (secondary N) is 1. The Morgan fingerprint density at radius 1 is 0.969 bits per heavy atom. The van der Waals surface area contributed by atoms with Crippen LogP contribution in [0.15, 0.2) is 60.7 Å². The topological polar surface area (TPSA) is 60.0 Å². The van der Waals surface area contributed by atoms with Crippen LogP contribution in [0.4, 0.5) is 5.69 Å². The van der Waals surface area contributed by atoms with Crippen LogP contribution >= 0.6 is 0 Å². The molecule has 0 atom stereocenters. The maximum Gasteiger partial charge on any atom is 0.255 e. The third-order valence-electron chi connectivity index (χ3n) is 5.44. The third-order valence-corrected chi connectivity index (χ3v) is 5.44. The molecular weight excluding hydrogens is 404 g/mol. The molecular formula is C26H28N2O4. The first-order valence-corrected chi connectivity index (χ1v) is 10.7. The maximum absolute atomic E-state index is 12.8. The molecule has 0 saturated carbocycles. The van der Waals surface area contributed by atoms with Crippen LogP contribution in [-0.4, -0.2) is 45.3 Å². The second-order valence-electron chi connectivity index (χ2n) is 8.03. The molecule has 0 aromatic heterocycles. The zero-order valence-corrected chi connectivity index (χ0v) is 18.7. The summed E-state index contributed by atoms with van der Waals surface area (Å²) in [6.45, 7) is 1.24. The van der Waals surface area contributed by atoms with E-state index >= 15 is 0 Å². The molecule has 1 aliphatic rings. The molecule has 0 saturated heterocycles. The molecule has 6 heteroatoms. The summed E-state index contributed by atoms with van der Waals surface area (Å²) in [7, 11) is 5.77. The minimum absolute atomic E-state index is 0.141. The number of carbonyl (C=O) groups is 1. The summed E-state index contributed by atoms with van der Waals surface area (Å²) in [5.74, 6) is 2.18. The molecule has 32 heavy (non-hydrogen) atoms. The Morgan fingerprint density at radius 3 is 2.47 bits per heavy atom. The summed E-state index contributed by atoms with van der Waals surface area (Å²) in [5.41, 5.74) is 4.47. The van der Waals surface area contributed by atoms with Crippen LogP contribution in [0.5, 0.6) is 17.2 Å². The van der Waals surface area contributed by atoms with Crippen LogP contribution in [-0.2, 0) is 6.42 Å². The van der Waals surface area contributed by atoms with Gasteiger partial charge in [0.2, 0.25) is 6.79 Å². The summed E-state index contributed by atoms with van der Waals surface area (Å²) < 4.78 is 16.3. The molecule has 1 aliphatic heterocycles. The van der Waals surface area contributed by atoms with Crippen molar-refractivity contribution in [1.29, 1.82) is 0 Å². The van der Waals surface area contributed by atoms with Gasteiger partial charge in [0.15, 0.2) is 11.5 Å². The summed E-state index contributed by atoms with van der Waals surface area (Å²) in [5, 5.41) is 2.98. The molecule has 0 unspecified atom stereocenters. The zero-order chi connectivity index (χ0) is 22.5. The van der Waals surface area contributed by atoms with Crippen LogP contribution in [0, 0.1) is 0 Å². The van der Waals surface area contributed by atoms with Crippen molar-refractivity contribution in [3.63, 3.8) is 0 Å². The van der Waals surface area contributed by atoms with E-state index in [1.165, 1.54) is 0 Å². The lowest BCUT2D eigenvalue weighted by atomic mass is 10.0. The number of methoxy groups -OCH3 is 1. The molecule has 0 radical (unpaired) electrons. The van der Waals surface area contributed by atoms with Crippen molar-refractivity contribution < 1.29 is 19.0 Å². The fourth-order valence-corrected chi connectivity index (χ4v) is 3.73. The average molecular weight is 433 g/mol. The molecule has 1 amide bonds. The van der Waals surface area contributed by atoms with Gasteiger partial charge in [-0.3, -0.25) is 4.79 Å². The molecule has 3 aromatic carbocycles. The lowest BCUT2D eigenvalue weighted by Crippen LogP contribution is -2.14. The Hall–Kier alpha value is -3.51. The van der Waals surface area contributed by atoms with Crippen molar-refractivity contribution in [3.05, 3.63) is 71.8 Å². The van der Waals surface area contributed by atoms with Gasteiger partial charge in [-0.2, -0.15) is 0 Å². The molecule has 0 spiro atoms. The maximum atomic E-state index is 12.8. The molecule has 6 nitrogen and oxygen atoms in total. The Kier molecular flexibility index (Phi) is 6.61. The Balaban J connectivity index is 1.44. The van der Waals surface area contributed by atoms with Gasteiger partial charge in [0.25, 0.3) is 5.91 Å². The minimum Gasteiger partial charge on any atom is -0.496 e. The minimum atomic E-state index is -0.141. The number of fused-ring (bicyclic) bond motifs is 1. The fraction of sp³-hybridized carbons (Fsp3) is 0.269. The number of nitrogens with zero attached hydrogens (tertiary/aromatic N) is 1. The SMILES string of the molecule is COc1ccc(C(=O)Nc2ccc(-c3ccc4c(c3)OCO4)cc2)cc1CCCN(C)C. The highest BCUT2D eigenvalue weighted by atomic mass is 16.7.